The van der Waals surface area contributed by atoms with Crippen molar-refractivity contribution in [2.45, 2.75) is 43.1 Å². The third kappa shape index (κ3) is 3.92. The zero-order chi connectivity index (χ0) is 13.0. The molecule has 1 N–H and O–H groups in total. The summed E-state index contributed by atoms with van der Waals surface area (Å²) in [5.41, 5.74) is 0.770. The SMILES string of the molecule is CC(SC1CCCC1)C(=O)Nc1cccc(Cl)c1. The van der Waals surface area contributed by atoms with E-state index < -0.39 is 0 Å². The summed E-state index contributed by atoms with van der Waals surface area (Å²) in [6.45, 7) is 1.98. The van der Waals surface area contributed by atoms with Crippen molar-refractivity contribution in [1.82, 2.24) is 0 Å². The lowest BCUT2D eigenvalue weighted by molar-refractivity contribution is -0.115. The Balaban J connectivity index is 1.86. The first-order chi connectivity index (χ1) is 8.65. The number of carbonyl (C=O) groups is 1. The Labute approximate surface area is 117 Å². The van der Waals surface area contributed by atoms with Gasteiger partial charge in [0.15, 0.2) is 0 Å². The van der Waals surface area contributed by atoms with Gasteiger partial charge in [-0.2, -0.15) is 0 Å². The summed E-state index contributed by atoms with van der Waals surface area (Å²) < 4.78 is 0. The van der Waals surface area contributed by atoms with Crippen LogP contribution < -0.4 is 5.32 Å². The van der Waals surface area contributed by atoms with Crippen LogP contribution >= 0.6 is 23.4 Å². The van der Waals surface area contributed by atoms with E-state index in [1.807, 2.05) is 19.1 Å². The fraction of sp³-hybridized carbons (Fsp3) is 0.500. The number of hydrogen-bond donors (Lipinski definition) is 1. The Bertz CT molecular complexity index is 418. The van der Waals surface area contributed by atoms with Gasteiger partial charge in [-0.1, -0.05) is 30.5 Å². The van der Waals surface area contributed by atoms with Crippen molar-refractivity contribution >= 4 is 35.0 Å². The van der Waals surface area contributed by atoms with Crippen LogP contribution in [0.2, 0.25) is 5.02 Å². The van der Waals surface area contributed by atoms with Crippen LogP contribution in [0.3, 0.4) is 0 Å². The quantitative estimate of drug-likeness (QED) is 0.890. The van der Waals surface area contributed by atoms with E-state index in [1.165, 1.54) is 25.7 Å². The lowest BCUT2D eigenvalue weighted by Crippen LogP contribution is -2.24. The van der Waals surface area contributed by atoms with E-state index in [0.29, 0.717) is 10.3 Å². The summed E-state index contributed by atoms with van der Waals surface area (Å²) in [5.74, 6) is 0.0640. The monoisotopic (exact) mass is 283 g/mol. The van der Waals surface area contributed by atoms with Gasteiger partial charge < -0.3 is 5.32 Å². The van der Waals surface area contributed by atoms with Gasteiger partial charge in [-0.05, 0) is 38.0 Å². The number of thioether (sulfide) groups is 1. The van der Waals surface area contributed by atoms with Gasteiger partial charge in [-0.15, -0.1) is 11.8 Å². The minimum atomic E-state index is -0.00733. The lowest BCUT2D eigenvalue weighted by atomic mass is 10.3. The number of benzene rings is 1. The average molecular weight is 284 g/mol. The van der Waals surface area contributed by atoms with Crippen LogP contribution in [0.25, 0.3) is 0 Å². The molecule has 1 aromatic rings. The maximum Gasteiger partial charge on any atom is 0.237 e. The smallest absolute Gasteiger partial charge is 0.237 e. The molecule has 1 aromatic carbocycles. The van der Waals surface area contributed by atoms with E-state index in [4.69, 9.17) is 11.6 Å². The Morgan fingerprint density at radius 3 is 2.83 bits per heavy atom. The third-order valence-corrected chi connectivity index (χ3v) is 4.87. The Morgan fingerprint density at radius 2 is 2.17 bits per heavy atom. The molecule has 98 valence electrons. The summed E-state index contributed by atoms with van der Waals surface area (Å²) in [5, 5.41) is 4.20. The minimum absolute atomic E-state index is 0.00733. The Hall–Kier alpha value is -0.670. The van der Waals surface area contributed by atoms with Crippen LogP contribution in [-0.4, -0.2) is 16.4 Å². The Kier molecular flexibility index (Phi) is 4.95. The molecular formula is C14H18ClNOS. The molecule has 1 atom stereocenters. The summed E-state index contributed by atoms with van der Waals surface area (Å²) in [6.07, 6.45) is 5.11. The molecule has 4 heteroatoms. The van der Waals surface area contributed by atoms with Crippen LogP contribution in [0, 0.1) is 0 Å². The van der Waals surface area contributed by atoms with Crippen LogP contribution in [0.15, 0.2) is 24.3 Å². The highest BCUT2D eigenvalue weighted by atomic mass is 35.5. The molecule has 0 aromatic heterocycles. The molecule has 0 aliphatic heterocycles. The summed E-state index contributed by atoms with van der Waals surface area (Å²) >= 11 is 7.68. The largest absolute Gasteiger partial charge is 0.325 e. The highest BCUT2D eigenvalue weighted by Crippen LogP contribution is 2.32. The molecule has 0 radical (unpaired) electrons. The molecule has 1 aliphatic rings. The number of halogens is 1. The number of nitrogens with one attached hydrogen (secondary N) is 1. The maximum absolute atomic E-state index is 12.0. The van der Waals surface area contributed by atoms with Crippen molar-refractivity contribution in [2.75, 3.05) is 5.32 Å². The molecule has 1 amide bonds. The molecule has 18 heavy (non-hydrogen) atoms. The maximum atomic E-state index is 12.0. The molecule has 1 aliphatic carbocycles. The van der Waals surface area contributed by atoms with E-state index in [2.05, 4.69) is 5.32 Å². The van der Waals surface area contributed by atoms with Gasteiger partial charge in [0.2, 0.25) is 5.91 Å². The highest BCUT2D eigenvalue weighted by molar-refractivity contribution is 8.01. The predicted octanol–water partition coefficient (Wildman–Crippen LogP) is 4.34. The zero-order valence-electron chi connectivity index (χ0n) is 10.5. The second kappa shape index (κ2) is 6.48. The van der Waals surface area contributed by atoms with E-state index in [9.17, 15) is 4.79 Å². The first-order valence-electron chi connectivity index (χ1n) is 6.37. The van der Waals surface area contributed by atoms with E-state index >= 15 is 0 Å². The fourth-order valence-electron chi connectivity index (χ4n) is 2.19. The van der Waals surface area contributed by atoms with Gasteiger partial charge in [0.05, 0.1) is 5.25 Å². The molecule has 0 bridgehead atoms. The van der Waals surface area contributed by atoms with Gasteiger partial charge in [0.1, 0.15) is 0 Å². The highest BCUT2D eigenvalue weighted by Gasteiger charge is 2.22. The van der Waals surface area contributed by atoms with Crippen molar-refractivity contribution in [3.05, 3.63) is 29.3 Å². The average Bonchev–Trinajstić information content (AvgIpc) is 2.81. The fourth-order valence-corrected chi connectivity index (χ4v) is 3.74. The molecular weight excluding hydrogens is 266 g/mol. The number of anilines is 1. The number of rotatable bonds is 4. The summed E-state index contributed by atoms with van der Waals surface area (Å²) in [7, 11) is 0. The number of carbonyl (C=O) groups excluding carboxylic acids is 1. The van der Waals surface area contributed by atoms with Crippen molar-refractivity contribution in [3.8, 4) is 0 Å². The molecule has 0 saturated heterocycles. The number of amides is 1. The molecule has 2 rings (SSSR count). The van der Waals surface area contributed by atoms with E-state index in [-0.39, 0.29) is 11.2 Å². The molecule has 2 nitrogen and oxygen atoms in total. The first-order valence-corrected chi connectivity index (χ1v) is 7.69. The van der Waals surface area contributed by atoms with Crippen molar-refractivity contribution in [3.63, 3.8) is 0 Å². The standard InChI is InChI=1S/C14H18ClNOS/c1-10(18-13-7-2-3-8-13)14(17)16-12-6-4-5-11(15)9-12/h4-6,9-10,13H,2-3,7-8H2,1H3,(H,16,17). The first kappa shape index (κ1) is 13.8. The van der Waals surface area contributed by atoms with Crippen LogP contribution in [0.5, 0.6) is 0 Å². The van der Waals surface area contributed by atoms with Gasteiger partial charge in [-0.3, -0.25) is 4.79 Å². The zero-order valence-corrected chi connectivity index (χ0v) is 12.1. The van der Waals surface area contributed by atoms with Gasteiger partial charge in [0.25, 0.3) is 0 Å². The Morgan fingerprint density at radius 1 is 1.44 bits per heavy atom. The lowest BCUT2D eigenvalue weighted by Gasteiger charge is -2.16. The molecule has 1 saturated carbocycles. The van der Waals surface area contributed by atoms with Crippen LogP contribution in [-0.2, 0) is 4.79 Å². The van der Waals surface area contributed by atoms with Crippen LogP contribution in [0.1, 0.15) is 32.6 Å². The van der Waals surface area contributed by atoms with Gasteiger partial charge >= 0.3 is 0 Å². The topological polar surface area (TPSA) is 29.1 Å². The van der Waals surface area contributed by atoms with Gasteiger partial charge in [0, 0.05) is 16.0 Å². The molecule has 1 unspecified atom stereocenters. The molecule has 0 heterocycles. The molecule has 0 spiro atoms. The predicted molar refractivity (Wildman–Crippen MR) is 79.4 cm³/mol. The van der Waals surface area contributed by atoms with Crippen LogP contribution in [0.4, 0.5) is 5.69 Å². The summed E-state index contributed by atoms with van der Waals surface area (Å²) in [6, 6.07) is 7.27. The van der Waals surface area contributed by atoms with Gasteiger partial charge in [-0.25, -0.2) is 0 Å². The normalized spacial score (nSPS) is 17.7. The number of hydrogen-bond acceptors (Lipinski definition) is 2. The minimum Gasteiger partial charge on any atom is -0.325 e. The van der Waals surface area contributed by atoms with Crippen molar-refractivity contribution < 1.29 is 4.79 Å². The summed E-state index contributed by atoms with van der Waals surface area (Å²) in [4.78, 5) is 12.0. The van der Waals surface area contributed by atoms with Crippen molar-refractivity contribution in [2.24, 2.45) is 0 Å². The second-order valence-corrected chi connectivity index (χ2v) is 6.77. The molecule has 1 fully saturated rings. The van der Waals surface area contributed by atoms with E-state index in [0.717, 1.165) is 5.69 Å². The third-order valence-electron chi connectivity index (χ3n) is 3.16. The second-order valence-electron chi connectivity index (χ2n) is 4.68. The van der Waals surface area contributed by atoms with Crippen molar-refractivity contribution in [1.29, 1.82) is 0 Å². The van der Waals surface area contributed by atoms with E-state index in [1.54, 1.807) is 23.9 Å².